The molecule has 2 N–H and O–H groups in total. The molecule has 2 aliphatic rings. The summed E-state index contributed by atoms with van der Waals surface area (Å²) in [6.07, 6.45) is 7.72. The quantitative estimate of drug-likeness (QED) is 0.824. The molecule has 20 heavy (non-hydrogen) atoms. The van der Waals surface area contributed by atoms with Crippen molar-refractivity contribution in [1.29, 1.82) is 0 Å². The molecule has 1 aliphatic carbocycles. The Morgan fingerprint density at radius 2 is 2.00 bits per heavy atom. The topological polar surface area (TPSA) is 51.9 Å². The summed E-state index contributed by atoms with van der Waals surface area (Å²) in [5.74, 6) is 0.798. The van der Waals surface area contributed by atoms with Crippen molar-refractivity contribution in [3.05, 3.63) is 26.4 Å². The third-order valence-corrected chi connectivity index (χ3v) is 5.25. The Balaban J connectivity index is 1.78. The number of H-pyrrole nitrogens is 2. The summed E-state index contributed by atoms with van der Waals surface area (Å²) in [5.41, 5.74) is 1.91. The molecular weight excluding hydrogens is 270 g/mol. The van der Waals surface area contributed by atoms with Crippen LogP contribution in [0.3, 0.4) is 0 Å². The maximum atomic E-state index is 12.1. The van der Waals surface area contributed by atoms with Crippen molar-refractivity contribution >= 4 is 12.2 Å². The highest BCUT2D eigenvalue weighted by Crippen LogP contribution is 2.30. The van der Waals surface area contributed by atoms with Gasteiger partial charge in [-0.25, -0.2) is 0 Å². The second-order valence-electron chi connectivity index (χ2n) is 6.22. The normalized spacial score (nSPS) is 22.4. The average molecular weight is 293 g/mol. The van der Waals surface area contributed by atoms with E-state index in [1.54, 1.807) is 0 Å². The highest BCUT2D eigenvalue weighted by atomic mass is 32.1. The molecule has 1 aromatic rings. The Kier molecular flexibility index (Phi) is 4.08. The first-order valence-corrected chi connectivity index (χ1v) is 8.14. The van der Waals surface area contributed by atoms with E-state index < -0.39 is 0 Å². The van der Waals surface area contributed by atoms with Crippen LogP contribution in [-0.2, 0) is 13.0 Å². The lowest BCUT2D eigenvalue weighted by molar-refractivity contribution is 0.115. The van der Waals surface area contributed by atoms with E-state index >= 15 is 0 Å². The molecule has 0 saturated heterocycles. The van der Waals surface area contributed by atoms with Gasteiger partial charge in [-0.05, 0) is 37.9 Å². The highest BCUT2D eigenvalue weighted by Gasteiger charge is 2.28. The predicted molar refractivity (Wildman–Crippen MR) is 82.4 cm³/mol. The second-order valence-corrected chi connectivity index (χ2v) is 6.63. The summed E-state index contributed by atoms with van der Waals surface area (Å²) in [4.78, 5) is 20.4. The van der Waals surface area contributed by atoms with Crippen molar-refractivity contribution in [3.8, 4) is 0 Å². The fourth-order valence-corrected chi connectivity index (χ4v) is 3.96. The van der Waals surface area contributed by atoms with E-state index in [-0.39, 0.29) is 5.56 Å². The zero-order valence-electron chi connectivity index (χ0n) is 12.1. The second kappa shape index (κ2) is 5.82. The van der Waals surface area contributed by atoms with Crippen LogP contribution in [0.4, 0.5) is 0 Å². The number of aromatic nitrogens is 2. The lowest BCUT2D eigenvalue weighted by Crippen LogP contribution is -2.44. The highest BCUT2D eigenvalue weighted by molar-refractivity contribution is 7.71. The van der Waals surface area contributed by atoms with Crippen molar-refractivity contribution < 1.29 is 0 Å². The summed E-state index contributed by atoms with van der Waals surface area (Å²) in [7, 11) is 0. The summed E-state index contributed by atoms with van der Waals surface area (Å²) in [5, 5.41) is 0. The van der Waals surface area contributed by atoms with Gasteiger partial charge in [-0.1, -0.05) is 19.3 Å². The standard InChI is InChI=1S/C15H23N3OS/c1-10(11-5-3-2-4-6-11)18-8-7-13-12(9-18)14(19)17-15(20)16-13/h10-11H,2-9H2,1H3,(H2,16,17,19,20)/t10-/m1/s1. The van der Waals surface area contributed by atoms with E-state index in [0.29, 0.717) is 10.8 Å². The molecule has 1 aliphatic heterocycles. The molecule has 4 nitrogen and oxygen atoms in total. The Bertz CT molecular complexity index is 586. The number of rotatable bonds is 2. The summed E-state index contributed by atoms with van der Waals surface area (Å²) in [6.45, 7) is 4.12. The number of aromatic amines is 2. The van der Waals surface area contributed by atoms with Gasteiger partial charge in [-0.2, -0.15) is 0 Å². The number of fused-ring (bicyclic) bond motifs is 1. The van der Waals surface area contributed by atoms with Crippen LogP contribution in [-0.4, -0.2) is 27.5 Å². The Labute approximate surface area is 124 Å². The minimum absolute atomic E-state index is 0.00991. The molecule has 1 saturated carbocycles. The first-order valence-electron chi connectivity index (χ1n) is 7.73. The van der Waals surface area contributed by atoms with Crippen LogP contribution < -0.4 is 5.56 Å². The Morgan fingerprint density at radius 3 is 2.75 bits per heavy atom. The van der Waals surface area contributed by atoms with Crippen LogP contribution in [0.15, 0.2) is 4.79 Å². The molecule has 0 bridgehead atoms. The SMILES string of the molecule is C[C@H](C1CCCCC1)N1CCc2[nH]c(=S)[nH]c(=O)c2C1. The van der Waals surface area contributed by atoms with Gasteiger partial charge in [0.15, 0.2) is 4.77 Å². The first-order chi connectivity index (χ1) is 9.65. The molecule has 0 radical (unpaired) electrons. The molecular formula is C15H23N3OS. The average Bonchev–Trinajstić information content (AvgIpc) is 2.47. The summed E-state index contributed by atoms with van der Waals surface area (Å²) >= 11 is 5.04. The van der Waals surface area contributed by atoms with Gasteiger partial charge in [0.1, 0.15) is 0 Å². The monoisotopic (exact) mass is 293 g/mol. The molecule has 1 fully saturated rings. The van der Waals surface area contributed by atoms with Crippen LogP contribution in [0.1, 0.15) is 50.3 Å². The minimum atomic E-state index is -0.00991. The lowest BCUT2D eigenvalue weighted by atomic mass is 9.83. The van der Waals surface area contributed by atoms with Gasteiger partial charge in [0.25, 0.3) is 5.56 Å². The molecule has 5 heteroatoms. The van der Waals surface area contributed by atoms with Crippen molar-refractivity contribution in [2.24, 2.45) is 5.92 Å². The van der Waals surface area contributed by atoms with Crippen LogP contribution >= 0.6 is 12.2 Å². The third-order valence-electron chi connectivity index (χ3n) is 5.05. The fraction of sp³-hybridized carbons (Fsp3) is 0.733. The Hall–Kier alpha value is -0.940. The van der Waals surface area contributed by atoms with E-state index in [1.165, 1.54) is 32.1 Å². The zero-order chi connectivity index (χ0) is 14.1. The van der Waals surface area contributed by atoms with Gasteiger partial charge < -0.3 is 4.98 Å². The molecule has 1 aromatic heterocycles. The van der Waals surface area contributed by atoms with Gasteiger partial charge >= 0.3 is 0 Å². The third kappa shape index (κ3) is 2.74. The van der Waals surface area contributed by atoms with E-state index in [1.807, 2.05) is 0 Å². The zero-order valence-corrected chi connectivity index (χ0v) is 12.9. The molecule has 0 unspecified atom stereocenters. The van der Waals surface area contributed by atoms with Crippen LogP contribution in [0, 0.1) is 10.7 Å². The molecule has 0 amide bonds. The summed E-state index contributed by atoms with van der Waals surface area (Å²) < 4.78 is 0.447. The van der Waals surface area contributed by atoms with E-state index in [4.69, 9.17) is 12.2 Å². The van der Waals surface area contributed by atoms with Gasteiger partial charge in [0.05, 0.1) is 5.56 Å². The van der Waals surface area contributed by atoms with E-state index in [2.05, 4.69) is 21.8 Å². The van der Waals surface area contributed by atoms with Gasteiger partial charge in [-0.3, -0.25) is 14.7 Å². The van der Waals surface area contributed by atoms with E-state index in [0.717, 1.165) is 36.7 Å². The maximum Gasteiger partial charge on any atom is 0.256 e. The maximum absolute atomic E-state index is 12.1. The Morgan fingerprint density at radius 1 is 1.25 bits per heavy atom. The molecule has 1 atom stereocenters. The fourth-order valence-electron chi connectivity index (χ4n) is 3.74. The number of nitrogens with one attached hydrogen (secondary N) is 2. The minimum Gasteiger partial charge on any atom is -0.335 e. The van der Waals surface area contributed by atoms with Crippen molar-refractivity contribution in [2.75, 3.05) is 6.54 Å². The lowest BCUT2D eigenvalue weighted by Gasteiger charge is -2.38. The smallest absolute Gasteiger partial charge is 0.256 e. The van der Waals surface area contributed by atoms with E-state index in [9.17, 15) is 4.79 Å². The molecule has 2 heterocycles. The van der Waals surface area contributed by atoms with Gasteiger partial charge in [0, 0.05) is 31.2 Å². The van der Waals surface area contributed by atoms with Gasteiger partial charge in [0.2, 0.25) is 0 Å². The molecule has 110 valence electrons. The van der Waals surface area contributed by atoms with Crippen molar-refractivity contribution in [2.45, 2.75) is 58.0 Å². The van der Waals surface area contributed by atoms with Crippen LogP contribution in [0.5, 0.6) is 0 Å². The van der Waals surface area contributed by atoms with Crippen LogP contribution in [0.2, 0.25) is 0 Å². The predicted octanol–water partition coefficient (Wildman–Crippen LogP) is 2.76. The first kappa shape index (κ1) is 14.0. The molecule has 0 spiro atoms. The van der Waals surface area contributed by atoms with Crippen LogP contribution in [0.25, 0.3) is 0 Å². The van der Waals surface area contributed by atoms with Crippen molar-refractivity contribution in [3.63, 3.8) is 0 Å². The van der Waals surface area contributed by atoms with Gasteiger partial charge in [-0.15, -0.1) is 0 Å². The molecule has 3 rings (SSSR count). The summed E-state index contributed by atoms with van der Waals surface area (Å²) in [6, 6.07) is 0.575. The number of hydrogen-bond donors (Lipinski definition) is 2. The largest absolute Gasteiger partial charge is 0.335 e. The molecule has 0 aromatic carbocycles. The number of nitrogens with zero attached hydrogens (tertiary/aromatic N) is 1. The van der Waals surface area contributed by atoms with Crippen molar-refractivity contribution in [1.82, 2.24) is 14.9 Å². The number of hydrogen-bond acceptors (Lipinski definition) is 3.